The Hall–Kier alpha value is -3.06. The third kappa shape index (κ3) is 2.54. The molecule has 2 aromatic carbocycles. The molecule has 0 aromatic heterocycles. The van der Waals surface area contributed by atoms with Crippen LogP contribution >= 0.6 is 0 Å². The lowest BCUT2D eigenvalue weighted by molar-refractivity contribution is 0.462. The Morgan fingerprint density at radius 1 is 0.929 bits per heavy atom. The molecule has 1 atom stereocenters. The van der Waals surface area contributed by atoms with Crippen LogP contribution in [0.5, 0.6) is 0 Å². The maximum Gasteiger partial charge on any atom is 0.0738 e. The zero-order chi connectivity index (χ0) is 19.7. The highest BCUT2D eigenvalue weighted by Crippen LogP contribution is 2.54. The largest absolute Gasteiger partial charge is 0.344 e. The van der Waals surface area contributed by atoms with Gasteiger partial charge in [-0.25, -0.2) is 0 Å². The molecule has 28 heavy (non-hydrogen) atoms. The van der Waals surface area contributed by atoms with Crippen molar-refractivity contribution in [3.05, 3.63) is 132 Å². The van der Waals surface area contributed by atoms with Crippen LogP contribution < -0.4 is 0 Å². The first-order valence-corrected chi connectivity index (χ1v) is 9.91. The van der Waals surface area contributed by atoms with E-state index in [1.54, 1.807) is 0 Å². The van der Waals surface area contributed by atoms with Gasteiger partial charge in [0.1, 0.15) is 0 Å². The van der Waals surface area contributed by atoms with Crippen molar-refractivity contribution >= 4 is 0 Å². The fourth-order valence-corrected chi connectivity index (χ4v) is 4.79. The Morgan fingerprint density at radius 2 is 1.50 bits per heavy atom. The summed E-state index contributed by atoms with van der Waals surface area (Å²) in [7, 11) is 2.14. The van der Waals surface area contributed by atoms with Gasteiger partial charge in [-0.05, 0) is 40.7 Å². The SMILES string of the molecule is C=CC1=C(C=C)C(c2ccccc2)(c2ccccc2)C2=CCC(C)C=C2N1C. The number of rotatable bonds is 4. The smallest absolute Gasteiger partial charge is 0.0738 e. The Bertz CT molecular complexity index is 950. The summed E-state index contributed by atoms with van der Waals surface area (Å²) in [4.78, 5) is 2.27. The van der Waals surface area contributed by atoms with Crippen LogP contribution in [-0.4, -0.2) is 11.9 Å². The molecular formula is C27H27N. The molecule has 1 nitrogen and oxygen atoms in total. The van der Waals surface area contributed by atoms with E-state index in [-0.39, 0.29) is 0 Å². The third-order valence-electron chi connectivity index (χ3n) is 6.03. The van der Waals surface area contributed by atoms with Gasteiger partial charge in [0.25, 0.3) is 0 Å². The quantitative estimate of drug-likeness (QED) is 0.606. The first kappa shape index (κ1) is 18.3. The Kier molecular flexibility index (Phi) is 4.68. The lowest BCUT2D eigenvalue weighted by atomic mass is 9.60. The summed E-state index contributed by atoms with van der Waals surface area (Å²) in [6, 6.07) is 21.6. The molecule has 0 bridgehead atoms. The van der Waals surface area contributed by atoms with Crippen molar-refractivity contribution in [2.75, 3.05) is 7.05 Å². The molecule has 1 heterocycles. The fraction of sp³-hybridized carbons (Fsp3) is 0.185. The standard InChI is InChI=1S/C27H27N/c1-5-23-25(6-2)28(4)26-19-20(3)17-18-24(26)27(23,21-13-9-7-10-14-21)22-15-11-8-12-16-22/h5-16,18-20H,1-2,17H2,3-4H3. The van der Waals surface area contributed by atoms with Gasteiger partial charge in [0.05, 0.1) is 5.41 Å². The Labute approximate surface area is 168 Å². The topological polar surface area (TPSA) is 3.24 Å². The van der Waals surface area contributed by atoms with E-state index in [9.17, 15) is 0 Å². The van der Waals surface area contributed by atoms with E-state index >= 15 is 0 Å². The number of fused-ring (bicyclic) bond motifs is 1. The van der Waals surface area contributed by atoms with Gasteiger partial charge in [0, 0.05) is 18.4 Å². The zero-order valence-corrected chi connectivity index (χ0v) is 16.7. The lowest BCUT2D eigenvalue weighted by Gasteiger charge is -2.49. The van der Waals surface area contributed by atoms with Crippen molar-refractivity contribution in [1.29, 1.82) is 0 Å². The first-order valence-electron chi connectivity index (χ1n) is 9.91. The third-order valence-corrected chi connectivity index (χ3v) is 6.03. The van der Waals surface area contributed by atoms with Gasteiger partial charge in [-0.15, -0.1) is 0 Å². The number of hydrogen-bond donors (Lipinski definition) is 0. The number of benzene rings is 2. The number of nitrogens with zero attached hydrogens (tertiary/aromatic N) is 1. The predicted molar refractivity (Wildman–Crippen MR) is 119 cm³/mol. The lowest BCUT2D eigenvalue weighted by Crippen LogP contribution is -2.43. The average Bonchev–Trinajstić information content (AvgIpc) is 2.75. The summed E-state index contributed by atoms with van der Waals surface area (Å²) in [5.74, 6) is 0.516. The summed E-state index contributed by atoms with van der Waals surface area (Å²) < 4.78 is 0. The second-order valence-electron chi connectivity index (χ2n) is 7.63. The maximum absolute atomic E-state index is 4.24. The molecule has 0 N–H and O–H groups in total. The summed E-state index contributed by atoms with van der Waals surface area (Å²) in [6.07, 6.45) is 9.86. The number of allylic oxidation sites excluding steroid dienone is 6. The van der Waals surface area contributed by atoms with Crippen LogP contribution in [0.2, 0.25) is 0 Å². The van der Waals surface area contributed by atoms with Crippen molar-refractivity contribution in [3.8, 4) is 0 Å². The molecule has 1 aliphatic carbocycles. The molecule has 0 radical (unpaired) electrons. The molecule has 2 aliphatic rings. The minimum atomic E-state index is -0.397. The molecule has 0 amide bonds. The van der Waals surface area contributed by atoms with Crippen molar-refractivity contribution in [1.82, 2.24) is 4.90 Å². The molecule has 140 valence electrons. The van der Waals surface area contributed by atoms with Gasteiger partial charge >= 0.3 is 0 Å². The molecule has 4 rings (SSSR count). The summed E-state index contributed by atoms with van der Waals surface area (Å²) >= 11 is 0. The van der Waals surface area contributed by atoms with Crippen molar-refractivity contribution < 1.29 is 0 Å². The average molecular weight is 366 g/mol. The van der Waals surface area contributed by atoms with Gasteiger partial charge in [0.2, 0.25) is 0 Å². The van der Waals surface area contributed by atoms with Crippen LogP contribution in [0.4, 0.5) is 0 Å². The predicted octanol–water partition coefficient (Wildman–Crippen LogP) is 6.39. The van der Waals surface area contributed by atoms with Crippen molar-refractivity contribution in [2.45, 2.75) is 18.8 Å². The molecule has 1 heteroatoms. The van der Waals surface area contributed by atoms with Crippen LogP contribution in [0.15, 0.2) is 121 Å². The van der Waals surface area contributed by atoms with Crippen LogP contribution in [-0.2, 0) is 5.41 Å². The normalized spacial score (nSPS) is 20.8. The summed E-state index contributed by atoms with van der Waals surface area (Å²) in [6.45, 7) is 10.7. The van der Waals surface area contributed by atoms with E-state index in [4.69, 9.17) is 0 Å². The monoisotopic (exact) mass is 365 g/mol. The van der Waals surface area contributed by atoms with Gasteiger partial charge in [-0.3, -0.25) is 0 Å². The fourth-order valence-electron chi connectivity index (χ4n) is 4.79. The molecule has 1 unspecified atom stereocenters. The van der Waals surface area contributed by atoms with E-state index in [2.05, 4.69) is 105 Å². The van der Waals surface area contributed by atoms with Crippen LogP contribution in [0, 0.1) is 5.92 Å². The van der Waals surface area contributed by atoms with E-state index in [1.807, 2.05) is 12.2 Å². The second kappa shape index (κ2) is 7.16. The zero-order valence-electron chi connectivity index (χ0n) is 16.7. The van der Waals surface area contributed by atoms with Crippen LogP contribution in [0.1, 0.15) is 24.5 Å². The minimum absolute atomic E-state index is 0.397. The van der Waals surface area contributed by atoms with E-state index in [0.717, 1.165) is 12.1 Å². The van der Waals surface area contributed by atoms with Gasteiger partial charge in [-0.2, -0.15) is 0 Å². The molecule has 0 saturated carbocycles. The van der Waals surface area contributed by atoms with Crippen LogP contribution in [0.3, 0.4) is 0 Å². The van der Waals surface area contributed by atoms with Gasteiger partial charge in [-0.1, -0.05) is 99.0 Å². The molecular weight excluding hydrogens is 338 g/mol. The molecule has 0 saturated heterocycles. The molecule has 0 spiro atoms. The summed E-state index contributed by atoms with van der Waals surface area (Å²) in [5.41, 5.74) is 7.02. The maximum atomic E-state index is 4.24. The van der Waals surface area contributed by atoms with Crippen LogP contribution in [0.25, 0.3) is 0 Å². The highest BCUT2D eigenvalue weighted by Gasteiger charge is 2.47. The summed E-state index contributed by atoms with van der Waals surface area (Å²) in [5, 5.41) is 0. The Balaban J connectivity index is 2.19. The number of hydrogen-bond acceptors (Lipinski definition) is 1. The first-order chi connectivity index (χ1) is 13.6. The van der Waals surface area contributed by atoms with E-state index < -0.39 is 5.41 Å². The Morgan fingerprint density at radius 3 is 2.00 bits per heavy atom. The van der Waals surface area contributed by atoms with Gasteiger partial charge < -0.3 is 4.90 Å². The highest BCUT2D eigenvalue weighted by atomic mass is 15.1. The van der Waals surface area contributed by atoms with E-state index in [0.29, 0.717) is 5.92 Å². The number of likely N-dealkylation sites (N-methyl/N-ethyl adjacent to an activating group) is 1. The molecule has 1 aliphatic heterocycles. The molecule has 2 aromatic rings. The van der Waals surface area contributed by atoms with Gasteiger partial charge in [0.15, 0.2) is 0 Å². The van der Waals surface area contributed by atoms with Crippen molar-refractivity contribution in [3.63, 3.8) is 0 Å². The van der Waals surface area contributed by atoms with E-state index in [1.165, 1.54) is 28.0 Å². The minimum Gasteiger partial charge on any atom is -0.344 e. The van der Waals surface area contributed by atoms with Crippen molar-refractivity contribution in [2.24, 2.45) is 5.92 Å². The highest BCUT2D eigenvalue weighted by molar-refractivity contribution is 5.69. The molecule has 0 fully saturated rings. The second-order valence-corrected chi connectivity index (χ2v) is 7.63.